The number of carboxylic acids is 1. The van der Waals surface area contributed by atoms with Crippen LogP contribution in [0.4, 0.5) is 5.69 Å². The molecule has 0 aliphatic carbocycles. The van der Waals surface area contributed by atoms with Gasteiger partial charge < -0.3 is 10.0 Å². The summed E-state index contributed by atoms with van der Waals surface area (Å²) in [5.74, 6) is -1.17. The van der Waals surface area contributed by atoms with Crippen LogP contribution in [0.1, 0.15) is 18.1 Å². The van der Waals surface area contributed by atoms with Gasteiger partial charge in [-0.15, -0.1) is 6.58 Å². The van der Waals surface area contributed by atoms with Gasteiger partial charge in [-0.25, -0.2) is 0 Å². The lowest BCUT2D eigenvalue weighted by molar-refractivity contribution is -0.140. The van der Waals surface area contributed by atoms with E-state index in [9.17, 15) is 4.79 Å². The lowest BCUT2D eigenvalue weighted by Gasteiger charge is -2.26. The second-order valence-electron chi connectivity index (χ2n) is 4.70. The molecule has 0 radical (unpaired) electrons. The molecular weight excluding hydrogens is 226 g/mol. The molecule has 0 amide bonds. The lowest BCUT2D eigenvalue weighted by Crippen LogP contribution is -2.32. The maximum Gasteiger partial charge on any atom is 0.308 e. The van der Waals surface area contributed by atoms with Gasteiger partial charge in [0.1, 0.15) is 0 Å². The molecule has 1 N–H and O–H groups in total. The lowest BCUT2D eigenvalue weighted by atomic mass is 10.1. The molecule has 0 fully saturated rings. The van der Waals surface area contributed by atoms with E-state index < -0.39 is 11.9 Å². The summed E-state index contributed by atoms with van der Waals surface area (Å²) in [5, 5.41) is 8.99. The van der Waals surface area contributed by atoms with Gasteiger partial charge in [0.05, 0.1) is 5.92 Å². The molecule has 1 aromatic carbocycles. The molecule has 1 rings (SSSR count). The van der Waals surface area contributed by atoms with Crippen molar-refractivity contribution in [1.82, 2.24) is 0 Å². The molecule has 1 unspecified atom stereocenters. The van der Waals surface area contributed by atoms with Crippen molar-refractivity contribution < 1.29 is 9.90 Å². The minimum Gasteiger partial charge on any atom is -0.481 e. The fraction of sp³-hybridized carbons (Fsp3) is 0.400. The minimum absolute atomic E-state index is 0.397. The first kappa shape index (κ1) is 14.3. The van der Waals surface area contributed by atoms with E-state index in [0.29, 0.717) is 13.1 Å². The molecule has 1 aromatic rings. The predicted molar refractivity (Wildman–Crippen MR) is 75.1 cm³/mol. The number of rotatable bonds is 6. The molecule has 18 heavy (non-hydrogen) atoms. The zero-order valence-corrected chi connectivity index (χ0v) is 11.3. The Morgan fingerprint density at radius 3 is 2.61 bits per heavy atom. The van der Waals surface area contributed by atoms with Crippen LogP contribution in [0.5, 0.6) is 0 Å². The van der Waals surface area contributed by atoms with Gasteiger partial charge >= 0.3 is 5.97 Å². The van der Waals surface area contributed by atoms with Gasteiger partial charge in [0.25, 0.3) is 0 Å². The van der Waals surface area contributed by atoms with Crippen LogP contribution in [0.25, 0.3) is 0 Å². The number of aliphatic carboxylic acids is 1. The first-order chi connectivity index (χ1) is 8.45. The molecule has 1 atom stereocenters. The molecule has 3 nitrogen and oxygen atoms in total. The van der Waals surface area contributed by atoms with Crippen molar-refractivity contribution in [3.05, 3.63) is 42.0 Å². The van der Waals surface area contributed by atoms with Crippen LogP contribution in [0.15, 0.2) is 30.9 Å². The number of hydrogen-bond acceptors (Lipinski definition) is 2. The van der Waals surface area contributed by atoms with Crippen molar-refractivity contribution in [1.29, 1.82) is 0 Å². The molecule has 0 saturated carbocycles. The Morgan fingerprint density at radius 2 is 2.11 bits per heavy atom. The Morgan fingerprint density at radius 1 is 1.44 bits per heavy atom. The monoisotopic (exact) mass is 247 g/mol. The van der Waals surface area contributed by atoms with Crippen LogP contribution in [0.2, 0.25) is 0 Å². The number of anilines is 1. The molecule has 0 saturated heterocycles. The first-order valence-corrected chi connectivity index (χ1v) is 6.11. The fourth-order valence-electron chi connectivity index (χ4n) is 1.77. The van der Waals surface area contributed by atoms with Crippen LogP contribution in [-0.4, -0.2) is 24.2 Å². The number of nitrogens with zero attached hydrogens (tertiary/aromatic N) is 1. The van der Waals surface area contributed by atoms with E-state index in [0.717, 1.165) is 5.69 Å². The highest BCUT2D eigenvalue weighted by Crippen LogP contribution is 2.20. The smallest absolute Gasteiger partial charge is 0.308 e. The molecule has 3 heteroatoms. The number of carbonyl (C=O) groups is 1. The zero-order valence-electron chi connectivity index (χ0n) is 11.3. The summed E-state index contributed by atoms with van der Waals surface area (Å²) in [6.45, 7) is 10.7. The average molecular weight is 247 g/mol. The predicted octanol–water partition coefficient (Wildman–Crippen LogP) is 3.02. The first-order valence-electron chi connectivity index (χ1n) is 6.11. The summed E-state index contributed by atoms with van der Waals surface area (Å²) >= 11 is 0. The average Bonchev–Trinajstić information content (AvgIpc) is 2.32. The van der Waals surface area contributed by atoms with Crippen LogP contribution < -0.4 is 4.90 Å². The summed E-state index contributed by atoms with van der Waals surface area (Å²) in [4.78, 5) is 13.0. The fourth-order valence-corrected chi connectivity index (χ4v) is 1.77. The summed E-state index contributed by atoms with van der Waals surface area (Å²) in [6.07, 6.45) is 1.80. The molecule has 98 valence electrons. The van der Waals surface area contributed by atoms with Crippen molar-refractivity contribution >= 4 is 11.7 Å². The Hall–Kier alpha value is -1.77. The minimum atomic E-state index is -0.770. The quantitative estimate of drug-likeness (QED) is 0.785. The Balaban J connectivity index is 2.92. The standard InChI is InChI=1S/C15H21NO2/c1-5-8-16(10-13(4)15(17)18)14-7-6-11(2)12(3)9-14/h5-7,9,13H,1,8,10H2,2-4H3,(H,17,18). The third-order valence-corrected chi connectivity index (χ3v) is 3.12. The molecule has 0 aliphatic rings. The van der Waals surface area contributed by atoms with E-state index in [1.165, 1.54) is 11.1 Å². The summed E-state index contributed by atoms with van der Waals surface area (Å²) in [7, 11) is 0. The third kappa shape index (κ3) is 3.62. The van der Waals surface area contributed by atoms with E-state index in [4.69, 9.17) is 5.11 Å². The normalized spacial score (nSPS) is 11.9. The van der Waals surface area contributed by atoms with E-state index in [-0.39, 0.29) is 0 Å². The summed E-state index contributed by atoms with van der Waals surface area (Å²) in [6, 6.07) is 6.18. The van der Waals surface area contributed by atoms with E-state index in [1.54, 1.807) is 13.0 Å². The third-order valence-electron chi connectivity index (χ3n) is 3.12. The van der Waals surface area contributed by atoms with Gasteiger partial charge in [-0.2, -0.15) is 0 Å². The second kappa shape index (κ2) is 6.24. The van der Waals surface area contributed by atoms with Crippen molar-refractivity contribution in [3.8, 4) is 0 Å². The Kier molecular flexibility index (Phi) is 4.95. The molecule has 0 aromatic heterocycles. The number of benzene rings is 1. The van der Waals surface area contributed by atoms with Gasteiger partial charge in [0, 0.05) is 18.8 Å². The molecule has 0 spiro atoms. The van der Waals surface area contributed by atoms with Crippen molar-refractivity contribution in [2.24, 2.45) is 5.92 Å². The molecule has 0 bridgehead atoms. The van der Waals surface area contributed by atoms with E-state index in [2.05, 4.69) is 32.6 Å². The summed E-state index contributed by atoms with van der Waals surface area (Å²) in [5.41, 5.74) is 3.50. The molecular formula is C15H21NO2. The number of carboxylic acid groups (broad SMARTS) is 1. The summed E-state index contributed by atoms with van der Waals surface area (Å²) < 4.78 is 0. The van der Waals surface area contributed by atoms with E-state index in [1.807, 2.05) is 11.0 Å². The highest BCUT2D eigenvalue weighted by molar-refractivity contribution is 5.70. The highest BCUT2D eigenvalue weighted by atomic mass is 16.4. The Bertz CT molecular complexity index is 440. The van der Waals surface area contributed by atoms with Gasteiger partial charge in [-0.05, 0) is 37.1 Å². The van der Waals surface area contributed by atoms with Gasteiger partial charge in [-0.1, -0.05) is 19.1 Å². The topological polar surface area (TPSA) is 40.5 Å². The van der Waals surface area contributed by atoms with Crippen LogP contribution in [-0.2, 0) is 4.79 Å². The largest absolute Gasteiger partial charge is 0.481 e. The number of hydrogen-bond donors (Lipinski definition) is 1. The maximum atomic E-state index is 10.9. The molecule has 0 aliphatic heterocycles. The van der Waals surface area contributed by atoms with E-state index >= 15 is 0 Å². The second-order valence-corrected chi connectivity index (χ2v) is 4.70. The van der Waals surface area contributed by atoms with Gasteiger partial charge in [0.15, 0.2) is 0 Å². The van der Waals surface area contributed by atoms with Crippen molar-refractivity contribution in [2.45, 2.75) is 20.8 Å². The highest BCUT2D eigenvalue weighted by Gasteiger charge is 2.16. The van der Waals surface area contributed by atoms with Gasteiger partial charge in [0.2, 0.25) is 0 Å². The number of aryl methyl sites for hydroxylation is 2. The van der Waals surface area contributed by atoms with Gasteiger partial charge in [-0.3, -0.25) is 4.79 Å². The maximum absolute atomic E-state index is 10.9. The van der Waals surface area contributed by atoms with Crippen LogP contribution in [0.3, 0.4) is 0 Å². The molecule has 0 heterocycles. The Labute approximate surface area is 109 Å². The zero-order chi connectivity index (χ0) is 13.7. The van der Waals surface area contributed by atoms with Crippen LogP contribution >= 0.6 is 0 Å². The van der Waals surface area contributed by atoms with Crippen molar-refractivity contribution in [2.75, 3.05) is 18.0 Å². The SMILES string of the molecule is C=CCN(CC(C)C(=O)O)c1ccc(C)c(C)c1. The van der Waals surface area contributed by atoms with Crippen molar-refractivity contribution in [3.63, 3.8) is 0 Å². The van der Waals surface area contributed by atoms with Crippen LogP contribution in [0, 0.1) is 19.8 Å².